The number of hydrogen-bond donors (Lipinski definition) is 0. The summed E-state index contributed by atoms with van der Waals surface area (Å²) < 4.78 is 12.1. The Hall–Kier alpha value is -3.66. The van der Waals surface area contributed by atoms with Crippen LogP contribution in [0.2, 0.25) is 0 Å². The maximum Gasteiger partial charge on any atom is 0.339 e. The van der Waals surface area contributed by atoms with Crippen molar-refractivity contribution < 1.29 is 19.1 Å². The van der Waals surface area contributed by atoms with E-state index in [-0.39, 0.29) is 24.0 Å². The maximum absolute atomic E-state index is 13.4. The Morgan fingerprint density at radius 3 is 2.54 bits per heavy atom. The minimum absolute atomic E-state index is 0.133. The Bertz CT molecular complexity index is 1300. The molecule has 2 aromatic rings. The van der Waals surface area contributed by atoms with E-state index in [0.29, 0.717) is 11.1 Å². The van der Waals surface area contributed by atoms with Crippen LogP contribution in [0.3, 0.4) is 0 Å². The van der Waals surface area contributed by atoms with Crippen LogP contribution in [0.5, 0.6) is 0 Å². The van der Waals surface area contributed by atoms with Gasteiger partial charge in [-0.1, -0.05) is 80.6 Å². The molecule has 2 aliphatic rings. The van der Waals surface area contributed by atoms with Crippen molar-refractivity contribution in [2.45, 2.75) is 77.4 Å². The number of carbonyl (C=O) groups excluding carboxylic acids is 2. The molecule has 3 unspecified atom stereocenters. The van der Waals surface area contributed by atoms with Crippen molar-refractivity contribution in [2.24, 2.45) is 5.92 Å². The zero-order chi connectivity index (χ0) is 27.8. The highest BCUT2D eigenvalue weighted by atomic mass is 16.6. The van der Waals surface area contributed by atoms with Gasteiger partial charge in [0.1, 0.15) is 11.7 Å². The number of hydrogen-bond acceptors (Lipinski definition) is 4. The molecule has 0 radical (unpaired) electrons. The molecule has 0 aromatic heterocycles. The summed E-state index contributed by atoms with van der Waals surface area (Å²) in [6.07, 6.45) is 18.1. The van der Waals surface area contributed by atoms with Crippen LogP contribution < -0.4 is 0 Å². The summed E-state index contributed by atoms with van der Waals surface area (Å²) in [6.45, 7) is 10.1. The molecule has 2 aromatic carbocycles. The average molecular weight is 525 g/mol. The third-order valence-electron chi connectivity index (χ3n) is 7.95. The van der Waals surface area contributed by atoms with Gasteiger partial charge in [-0.25, -0.2) is 9.59 Å². The number of allylic oxidation sites excluding steroid dienone is 2. The van der Waals surface area contributed by atoms with E-state index >= 15 is 0 Å². The topological polar surface area (TPSA) is 52.6 Å². The van der Waals surface area contributed by atoms with Crippen LogP contribution in [0.4, 0.5) is 0 Å². The lowest BCUT2D eigenvalue weighted by atomic mass is 9.97. The molecule has 0 saturated carbocycles. The molecule has 0 bridgehead atoms. The third-order valence-corrected chi connectivity index (χ3v) is 7.95. The van der Waals surface area contributed by atoms with Crippen molar-refractivity contribution in [1.82, 2.24) is 0 Å². The fourth-order valence-electron chi connectivity index (χ4n) is 5.51. The monoisotopic (exact) mass is 524 g/mol. The molecule has 39 heavy (non-hydrogen) atoms. The van der Waals surface area contributed by atoms with E-state index < -0.39 is 5.60 Å². The SMILES string of the molecule is C=Cc1ccc(C(=O)OC2CCCC=CC2CC)c(/C=C/c2ccccc2C(=O)OC2(CC)C=C(C)CC2)c1. The summed E-state index contributed by atoms with van der Waals surface area (Å²) in [5.74, 6) is -0.440. The maximum atomic E-state index is 13.4. The Kier molecular flexibility index (Phi) is 9.40. The Labute approximate surface area is 233 Å². The van der Waals surface area contributed by atoms with Crippen molar-refractivity contribution in [3.05, 3.63) is 101 Å². The second-order valence-electron chi connectivity index (χ2n) is 10.6. The first-order valence-electron chi connectivity index (χ1n) is 14.2. The molecule has 204 valence electrons. The number of ether oxygens (including phenoxy) is 2. The molecular formula is C35H40O4. The minimum atomic E-state index is -0.545. The van der Waals surface area contributed by atoms with Gasteiger partial charge in [0, 0.05) is 5.92 Å². The first kappa shape index (κ1) is 28.4. The molecule has 2 aliphatic carbocycles. The van der Waals surface area contributed by atoms with Crippen LogP contribution in [0.25, 0.3) is 18.2 Å². The van der Waals surface area contributed by atoms with Crippen LogP contribution in [0.15, 0.2) is 72.8 Å². The summed E-state index contributed by atoms with van der Waals surface area (Å²) in [5.41, 5.74) is 4.06. The van der Waals surface area contributed by atoms with Gasteiger partial charge in [0.15, 0.2) is 0 Å². The van der Waals surface area contributed by atoms with Gasteiger partial charge in [0.2, 0.25) is 0 Å². The van der Waals surface area contributed by atoms with E-state index in [4.69, 9.17) is 9.47 Å². The predicted molar refractivity (Wildman–Crippen MR) is 159 cm³/mol. The van der Waals surface area contributed by atoms with Crippen LogP contribution in [0, 0.1) is 5.92 Å². The zero-order valence-corrected chi connectivity index (χ0v) is 23.5. The number of esters is 2. The lowest BCUT2D eigenvalue weighted by Crippen LogP contribution is -2.30. The smallest absolute Gasteiger partial charge is 0.339 e. The molecular weight excluding hydrogens is 484 g/mol. The summed E-state index contributed by atoms with van der Waals surface area (Å²) in [4.78, 5) is 26.7. The molecule has 4 heteroatoms. The number of carbonyl (C=O) groups is 2. The summed E-state index contributed by atoms with van der Waals surface area (Å²) in [5, 5.41) is 0. The highest BCUT2D eigenvalue weighted by Gasteiger charge is 2.34. The molecule has 4 rings (SSSR count). The van der Waals surface area contributed by atoms with E-state index in [0.717, 1.165) is 61.6 Å². The first-order chi connectivity index (χ1) is 18.9. The second-order valence-corrected chi connectivity index (χ2v) is 10.6. The molecule has 3 atom stereocenters. The van der Waals surface area contributed by atoms with Gasteiger partial charge in [-0.15, -0.1) is 0 Å². The first-order valence-corrected chi connectivity index (χ1v) is 14.2. The van der Waals surface area contributed by atoms with Crippen LogP contribution in [0.1, 0.15) is 103 Å². The summed E-state index contributed by atoms with van der Waals surface area (Å²) >= 11 is 0. The molecule has 0 heterocycles. The summed E-state index contributed by atoms with van der Waals surface area (Å²) in [7, 11) is 0. The molecule has 0 aliphatic heterocycles. The van der Waals surface area contributed by atoms with E-state index in [1.54, 1.807) is 18.2 Å². The van der Waals surface area contributed by atoms with Gasteiger partial charge in [-0.05, 0) is 92.8 Å². The lowest BCUT2D eigenvalue weighted by Gasteiger charge is -2.26. The number of rotatable bonds is 9. The standard InChI is InChI=1S/C35H40O4/c1-5-26-17-20-31(33(36)38-32-16-10-8-9-13-27(32)6-2)29(23-26)19-18-28-14-11-12-15-30(28)34(37)39-35(7-3)22-21-25(4)24-35/h5,9,11-15,17-20,23-24,27,32H,1,6-8,10,16,21-22H2,2-4H3/b19-18+. The fourth-order valence-corrected chi connectivity index (χ4v) is 5.51. The molecule has 0 N–H and O–H groups in total. The summed E-state index contributed by atoms with van der Waals surface area (Å²) in [6, 6.07) is 13.0. The van der Waals surface area contributed by atoms with Gasteiger partial charge < -0.3 is 9.47 Å². The van der Waals surface area contributed by atoms with Gasteiger partial charge >= 0.3 is 11.9 Å². The van der Waals surface area contributed by atoms with Crippen LogP contribution in [-0.4, -0.2) is 23.6 Å². The lowest BCUT2D eigenvalue weighted by molar-refractivity contribution is 0.00225. The highest BCUT2D eigenvalue weighted by Crippen LogP contribution is 2.35. The average Bonchev–Trinajstić information content (AvgIpc) is 3.18. The van der Waals surface area contributed by atoms with Gasteiger partial charge in [-0.2, -0.15) is 0 Å². The molecule has 0 saturated heterocycles. The fraction of sp³-hybridized carbons (Fsp3) is 0.371. The van der Waals surface area contributed by atoms with E-state index in [1.807, 2.05) is 42.5 Å². The van der Waals surface area contributed by atoms with Crippen molar-refractivity contribution in [3.63, 3.8) is 0 Å². The van der Waals surface area contributed by atoms with E-state index in [9.17, 15) is 9.59 Å². The van der Waals surface area contributed by atoms with Crippen molar-refractivity contribution in [3.8, 4) is 0 Å². The largest absolute Gasteiger partial charge is 0.458 e. The third kappa shape index (κ3) is 6.86. The Morgan fingerprint density at radius 1 is 1.05 bits per heavy atom. The highest BCUT2D eigenvalue weighted by molar-refractivity contribution is 5.98. The second kappa shape index (κ2) is 12.9. The Morgan fingerprint density at radius 2 is 1.82 bits per heavy atom. The van der Waals surface area contributed by atoms with Gasteiger partial charge in [0.25, 0.3) is 0 Å². The number of benzene rings is 2. The van der Waals surface area contributed by atoms with Crippen molar-refractivity contribution in [1.29, 1.82) is 0 Å². The minimum Gasteiger partial charge on any atom is -0.458 e. The van der Waals surface area contributed by atoms with E-state index in [2.05, 4.69) is 45.6 Å². The normalized spacial score (nSPS) is 22.8. The molecule has 4 nitrogen and oxygen atoms in total. The zero-order valence-electron chi connectivity index (χ0n) is 23.5. The van der Waals surface area contributed by atoms with Crippen LogP contribution >= 0.6 is 0 Å². The van der Waals surface area contributed by atoms with Crippen LogP contribution in [-0.2, 0) is 9.47 Å². The molecule has 0 fully saturated rings. The van der Waals surface area contributed by atoms with E-state index in [1.165, 1.54) is 5.57 Å². The molecule has 0 amide bonds. The quantitative estimate of drug-likeness (QED) is 0.187. The predicted octanol–water partition coefficient (Wildman–Crippen LogP) is 8.84. The van der Waals surface area contributed by atoms with Gasteiger partial charge in [0.05, 0.1) is 11.1 Å². The van der Waals surface area contributed by atoms with Crippen molar-refractivity contribution >= 4 is 30.2 Å². The molecule has 0 spiro atoms. The van der Waals surface area contributed by atoms with Crippen molar-refractivity contribution in [2.75, 3.05) is 0 Å². The Balaban J connectivity index is 1.60. The van der Waals surface area contributed by atoms with Gasteiger partial charge in [-0.3, -0.25) is 0 Å².